The summed E-state index contributed by atoms with van der Waals surface area (Å²) in [5.74, 6) is 0.175. The molecule has 0 bridgehead atoms. The molecule has 5 rings (SSSR count). The van der Waals surface area contributed by atoms with Gasteiger partial charge < -0.3 is 4.18 Å². The van der Waals surface area contributed by atoms with E-state index < -0.39 is 10.1 Å². The molecular weight excluding hydrogens is 432 g/mol. The number of fused-ring (bicyclic) bond motifs is 3. The van der Waals surface area contributed by atoms with E-state index in [-0.39, 0.29) is 16.2 Å². The van der Waals surface area contributed by atoms with E-state index in [9.17, 15) is 13.2 Å². The molecule has 0 fully saturated rings. The Balaban J connectivity index is 1.52. The van der Waals surface area contributed by atoms with E-state index in [0.717, 1.165) is 16.6 Å². The van der Waals surface area contributed by atoms with E-state index in [4.69, 9.17) is 4.18 Å². The van der Waals surface area contributed by atoms with Crippen LogP contribution in [0, 0.1) is 6.92 Å². The third-order valence-corrected chi connectivity index (χ3v) is 7.05. The molecule has 0 saturated heterocycles. The second-order valence-corrected chi connectivity index (χ2v) is 9.61. The number of imidazole rings is 1. The molecule has 154 valence electrons. The second-order valence-electron chi connectivity index (χ2n) is 7.06. The molecule has 0 amide bonds. The van der Waals surface area contributed by atoms with Crippen LogP contribution < -0.4 is 14.3 Å². The van der Waals surface area contributed by atoms with Gasteiger partial charge >= 0.3 is 10.1 Å². The Hall–Kier alpha value is -3.49. The Morgan fingerprint density at radius 3 is 2.58 bits per heavy atom. The summed E-state index contributed by atoms with van der Waals surface area (Å²) in [7, 11) is -3.95. The zero-order valence-corrected chi connectivity index (χ0v) is 18.0. The number of nitrogens with zero attached hydrogens (tertiary/aromatic N) is 2. The summed E-state index contributed by atoms with van der Waals surface area (Å²) in [6.07, 6.45) is 1.71. The van der Waals surface area contributed by atoms with Crippen molar-refractivity contribution in [1.82, 2.24) is 9.38 Å². The van der Waals surface area contributed by atoms with Crippen LogP contribution in [0.2, 0.25) is 0 Å². The summed E-state index contributed by atoms with van der Waals surface area (Å²) in [6.45, 7) is 1.88. The first-order chi connectivity index (χ1) is 14.9. The molecule has 2 aromatic heterocycles. The van der Waals surface area contributed by atoms with Gasteiger partial charge in [0.05, 0.1) is 15.6 Å². The van der Waals surface area contributed by atoms with Gasteiger partial charge in [-0.2, -0.15) is 8.42 Å². The molecule has 31 heavy (non-hydrogen) atoms. The van der Waals surface area contributed by atoms with Crippen molar-refractivity contribution in [3.63, 3.8) is 0 Å². The standard InChI is InChI=1S/C23H16N2O4S2/c1-15-9-11-18(12-10-15)31(27,28)29-17-6-4-5-16(13-17)14-21-22(26)25-20-8-3-2-7-19(20)24-23(25)30-21/h2-14H,1H3/b21-14-. The van der Waals surface area contributed by atoms with Crippen molar-refractivity contribution in [2.24, 2.45) is 0 Å². The Morgan fingerprint density at radius 1 is 1.00 bits per heavy atom. The summed E-state index contributed by atoms with van der Waals surface area (Å²) in [5, 5.41) is 0. The molecule has 0 atom stereocenters. The van der Waals surface area contributed by atoms with Crippen molar-refractivity contribution in [1.29, 1.82) is 0 Å². The second kappa shape index (κ2) is 7.33. The topological polar surface area (TPSA) is 77.7 Å². The molecule has 0 spiro atoms. The van der Waals surface area contributed by atoms with Gasteiger partial charge in [-0.05, 0) is 55.0 Å². The van der Waals surface area contributed by atoms with Crippen molar-refractivity contribution in [3.05, 3.63) is 98.8 Å². The van der Waals surface area contributed by atoms with Gasteiger partial charge in [-0.1, -0.05) is 53.3 Å². The zero-order chi connectivity index (χ0) is 21.6. The number of hydrogen-bond donors (Lipinski definition) is 0. The van der Waals surface area contributed by atoms with Crippen LogP contribution in [-0.2, 0) is 10.1 Å². The van der Waals surface area contributed by atoms with E-state index in [1.54, 1.807) is 46.9 Å². The highest BCUT2D eigenvalue weighted by molar-refractivity contribution is 7.87. The average molecular weight is 449 g/mol. The number of para-hydroxylation sites is 2. The fourth-order valence-corrected chi connectivity index (χ4v) is 5.21. The predicted molar refractivity (Wildman–Crippen MR) is 121 cm³/mol. The first kappa shape index (κ1) is 19.5. The fourth-order valence-electron chi connectivity index (χ4n) is 3.30. The van der Waals surface area contributed by atoms with Gasteiger partial charge in [0, 0.05) is 0 Å². The largest absolute Gasteiger partial charge is 0.379 e. The van der Waals surface area contributed by atoms with Crippen LogP contribution in [0.25, 0.3) is 22.1 Å². The maximum Gasteiger partial charge on any atom is 0.339 e. The number of rotatable bonds is 4. The van der Waals surface area contributed by atoms with Crippen LogP contribution >= 0.6 is 11.3 Å². The predicted octanol–water partition coefficient (Wildman–Crippen LogP) is 3.53. The Labute approximate surface area is 181 Å². The Bertz CT molecular complexity index is 1650. The SMILES string of the molecule is Cc1ccc(S(=O)(=O)Oc2cccc(/C=c3\sc4nc5ccccc5n4c3=O)c2)cc1. The van der Waals surface area contributed by atoms with E-state index in [2.05, 4.69) is 4.98 Å². The van der Waals surface area contributed by atoms with Crippen LogP contribution in [0.4, 0.5) is 0 Å². The van der Waals surface area contributed by atoms with Crippen molar-refractivity contribution in [2.75, 3.05) is 0 Å². The van der Waals surface area contributed by atoms with Crippen LogP contribution in [-0.4, -0.2) is 17.8 Å². The van der Waals surface area contributed by atoms with E-state index in [1.165, 1.54) is 23.5 Å². The minimum absolute atomic E-state index is 0.0840. The van der Waals surface area contributed by atoms with Gasteiger partial charge in [-0.3, -0.25) is 4.79 Å². The minimum atomic E-state index is -3.95. The number of benzene rings is 3. The van der Waals surface area contributed by atoms with Gasteiger partial charge in [0.15, 0.2) is 4.96 Å². The van der Waals surface area contributed by atoms with Crippen LogP contribution in [0.3, 0.4) is 0 Å². The van der Waals surface area contributed by atoms with Crippen LogP contribution in [0.15, 0.2) is 82.5 Å². The van der Waals surface area contributed by atoms with Crippen molar-refractivity contribution >= 4 is 43.5 Å². The highest BCUT2D eigenvalue weighted by Gasteiger charge is 2.16. The molecule has 3 aromatic carbocycles. The summed E-state index contributed by atoms with van der Waals surface area (Å²) in [4.78, 5) is 18.1. The number of thiazole rings is 1. The van der Waals surface area contributed by atoms with Gasteiger partial charge in [0.2, 0.25) is 0 Å². The minimum Gasteiger partial charge on any atom is -0.379 e. The molecule has 0 N–H and O–H groups in total. The van der Waals surface area contributed by atoms with Gasteiger partial charge in [-0.15, -0.1) is 0 Å². The summed E-state index contributed by atoms with van der Waals surface area (Å²) >= 11 is 1.29. The maximum absolute atomic E-state index is 12.9. The van der Waals surface area contributed by atoms with Crippen molar-refractivity contribution in [2.45, 2.75) is 11.8 Å². The lowest BCUT2D eigenvalue weighted by Crippen LogP contribution is -2.22. The lowest BCUT2D eigenvalue weighted by molar-refractivity contribution is 0.486. The number of aromatic nitrogens is 2. The first-order valence-electron chi connectivity index (χ1n) is 9.44. The summed E-state index contributed by atoms with van der Waals surface area (Å²) in [5.41, 5.74) is 2.99. The molecule has 0 aliphatic heterocycles. The molecule has 0 radical (unpaired) electrons. The fraction of sp³-hybridized carbons (Fsp3) is 0.0435. The van der Waals surface area contributed by atoms with E-state index in [0.29, 0.717) is 15.1 Å². The van der Waals surface area contributed by atoms with Crippen molar-refractivity contribution < 1.29 is 12.6 Å². The number of hydrogen-bond acceptors (Lipinski definition) is 6. The summed E-state index contributed by atoms with van der Waals surface area (Å²) < 4.78 is 32.5. The smallest absolute Gasteiger partial charge is 0.339 e. The Kier molecular flexibility index (Phi) is 4.60. The highest BCUT2D eigenvalue weighted by atomic mass is 32.2. The lowest BCUT2D eigenvalue weighted by Gasteiger charge is -2.07. The van der Waals surface area contributed by atoms with E-state index in [1.807, 2.05) is 31.2 Å². The highest BCUT2D eigenvalue weighted by Crippen LogP contribution is 2.21. The molecule has 8 heteroatoms. The zero-order valence-electron chi connectivity index (χ0n) is 16.3. The van der Waals surface area contributed by atoms with Gasteiger partial charge in [-0.25, -0.2) is 9.38 Å². The molecular formula is C23H16N2O4S2. The molecule has 6 nitrogen and oxygen atoms in total. The van der Waals surface area contributed by atoms with Crippen LogP contribution in [0.1, 0.15) is 11.1 Å². The normalized spacial score (nSPS) is 12.6. The monoisotopic (exact) mass is 448 g/mol. The molecule has 0 aliphatic carbocycles. The quantitative estimate of drug-likeness (QED) is 0.393. The molecule has 0 unspecified atom stereocenters. The molecule has 2 heterocycles. The molecule has 0 aliphatic rings. The lowest BCUT2D eigenvalue weighted by atomic mass is 10.2. The van der Waals surface area contributed by atoms with Gasteiger partial charge in [0.25, 0.3) is 5.56 Å². The number of aryl methyl sites for hydroxylation is 1. The molecule has 5 aromatic rings. The van der Waals surface area contributed by atoms with Crippen LogP contribution in [0.5, 0.6) is 5.75 Å². The maximum atomic E-state index is 12.9. The third-order valence-electron chi connectivity index (χ3n) is 4.82. The Morgan fingerprint density at radius 2 is 1.77 bits per heavy atom. The molecule has 0 saturated carbocycles. The van der Waals surface area contributed by atoms with E-state index >= 15 is 0 Å². The first-order valence-corrected chi connectivity index (χ1v) is 11.7. The third kappa shape index (κ3) is 3.60. The average Bonchev–Trinajstić information content (AvgIpc) is 3.24. The van der Waals surface area contributed by atoms with Gasteiger partial charge in [0.1, 0.15) is 10.6 Å². The summed E-state index contributed by atoms with van der Waals surface area (Å²) in [6, 6.07) is 20.5. The van der Waals surface area contributed by atoms with Crippen molar-refractivity contribution in [3.8, 4) is 5.75 Å².